The van der Waals surface area contributed by atoms with Gasteiger partial charge in [0.25, 0.3) is 0 Å². The molecule has 0 fully saturated rings. The summed E-state index contributed by atoms with van der Waals surface area (Å²) in [5.74, 6) is 0.657. The molecule has 1 aromatic heterocycles. The van der Waals surface area contributed by atoms with Crippen LogP contribution in [0, 0.1) is 0 Å². The average Bonchev–Trinajstić information content (AvgIpc) is 2.81. The summed E-state index contributed by atoms with van der Waals surface area (Å²) >= 11 is 0. The molecule has 1 aliphatic rings. The summed E-state index contributed by atoms with van der Waals surface area (Å²) in [5.41, 5.74) is 3.88. The number of aromatic nitrogens is 2. The molecule has 4 rings (SSSR count). The number of benzene rings is 2. The number of rotatable bonds is 1. The fourth-order valence-corrected chi connectivity index (χ4v) is 2.51. The first-order valence-corrected chi connectivity index (χ1v) is 6.41. The van der Waals surface area contributed by atoms with Crippen molar-refractivity contribution in [3.05, 3.63) is 71.9 Å². The number of ketones is 1. The minimum absolute atomic E-state index is 0.00946. The van der Waals surface area contributed by atoms with Crippen LogP contribution in [0.15, 0.2) is 60.8 Å². The van der Waals surface area contributed by atoms with Crippen LogP contribution in [0.2, 0.25) is 0 Å². The molecule has 2 aromatic carbocycles. The van der Waals surface area contributed by atoms with Gasteiger partial charge in [-0.2, -0.15) is 0 Å². The Labute approximate surface area is 116 Å². The van der Waals surface area contributed by atoms with E-state index in [-0.39, 0.29) is 5.78 Å². The van der Waals surface area contributed by atoms with Crippen molar-refractivity contribution in [2.75, 3.05) is 0 Å². The second-order valence-electron chi connectivity index (χ2n) is 4.70. The summed E-state index contributed by atoms with van der Waals surface area (Å²) in [6, 6.07) is 17.3. The molecule has 3 heteroatoms. The van der Waals surface area contributed by atoms with E-state index in [1.54, 1.807) is 6.20 Å². The van der Waals surface area contributed by atoms with Gasteiger partial charge >= 0.3 is 0 Å². The van der Waals surface area contributed by atoms with Crippen LogP contribution in [0.4, 0.5) is 0 Å². The standard InChI is InChI=1S/C17H10N2O/c20-16-13-9-5-4-8-12(13)15-14(16)10-18-17(19-15)11-6-2-1-3-7-11/h1-10H. The summed E-state index contributed by atoms with van der Waals surface area (Å²) < 4.78 is 0. The smallest absolute Gasteiger partial charge is 0.197 e. The molecular weight excluding hydrogens is 248 g/mol. The lowest BCUT2D eigenvalue weighted by Gasteiger charge is -2.03. The summed E-state index contributed by atoms with van der Waals surface area (Å²) in [6.07, 6.45) is 1.63. The fraction of sp³-hybridized carbons (Fsp3) is 0. The Morgan fingerprint density at radius 3 is 2.25 bits per heavy atom. The summed E-state index contributed by atoms with van der Waals surface area (Å²) in [5, 5.41) is 0. The molecule has 0 aliphatic heterocycles. The molecule has 0 spiro atoms. The third-order valence-corrected chi connectivity index (χ3v) is 3.49. The highest BCUT2D eigenvalue weighted by atomic mass is 16.1. The van der Waals surface area contributed by atoms with Crippen LogP contribution in [0.1, 0.15) is 15.9 Å². The highest BCUT2D eigenvalue weighted by molar-refractivity contribution is 6.20. The van der Waals surface area contributed by atoms with Gasteiger partial charge in [-0.15, -0.1) is 0 Å². The lowest BCUT2D eigenvalue weighted by Crippen LogP contribution is -1.98. The molecule has 0 amide bonds. The van der Waals surface area contributed by atoms with Crippen molar-refractivity contribution in [3.8, 4) is 22.6 Å². The van der Waals surface area contributed by atoms with E-state index < -0.39 is 0 Å². The van der Waals surface area contributed by atoms with Gasteiger partial charge in [0.2, 0.25) is 0 Å². The molecule has 0 atom stereocenters. The van der Waals surface area contributed by atoms with E-state index in [1.807, 2.05) is 54.6 Å². The highest BCUT2D eigenvalue weighted by Gasteiger charge is 2.28. The summed E-state index contributed by atoms with van der Waals surface area (Å²) in [6.45, 7) is 0. The minimum atomic E-state index is 0.00946. The Bertz CT molecular complexity index is 825. The van der Waals surface area contributed by atoms with Crippen molar-refractivity contribution in [1.82, 2.24) is 9.97 Å². The predicted molar refractivity (Wildman–Crippen MR) is 76.3 cm³/mol. The molecule has 1 aliphatic carbocycles. The quantitative estimate of drug-likeness (QED) is 0.526. The summed E-state index contributed by atoms with van der Waals surface area (Å²) in [7, 11) is 0. The SMILES string of the molecule is O=C1c2ccccc2-c2nc(-c3ccccc3)ncc21. The lowest BCUT2D eigenvalue weighted by atomic mass is 10.1. The van der Waals surface area contributed by atoms with Crippen LogP contribution in [0.3, 0.4) is 0 Å². The van der Waals surface area contributed by atoms with Crippen molar-refractivity contribution in [2.45, 2.75) is 0 Å². The molecule has 0 unspecified atom stereocenters. The van der Waals surface area contributed by atoms with Crippen molar-refractivity contribution in [2.24, 2.45) is 0 Å². The van der Waals surface area contributed by atoms with E-state index in [2.05, 4.69) is 9.97 Å². The van der Waals surface area contributed by atoms with Crippen LogP contribution < -0.4 is 0 Å². The average molecular weight is 258 g/mol. The Morgan fingerprint density at radius 1 is 0.750 bits per heavy atom. The number of fused-ring (bicyclic) bond motifs is 3. The van der Waals surface area contributed by atoms with E-state index in [9.17, 15) is 4.79 Å². The van der Waals surface area contributed by atoms with Gasteiger partial charge in [0.1, 0.15) is 0 Å². The molecule has 1 heterocycles. The minimum Gasteiger partial charge on any atom is -0.288 e. The predicted octanol–water partition coefficient (Wildman–Crippen LogP) is 3.36. The van der Waals surface area contributed by atoms with E-state index >= 15 is 0 Å². The molecule has 0 bridgehead atoms. The zero-order valence-electron chi connectivity index (χ0n) is 10.6. The number of carbonyl (C=O) groups excluding carboxylic acids is 1. The Balaban J connectivity index is 1.94. The Kier molecular flexibility index (Phi) is 2.27. The topological polar surface area (TPSA) is 42.9 Å². The second-order valence-corrected chi connectivity index (χ2v) is 4.70. The van der Waals surface area contributed by atoms with Crippen LogP contribution >= 0.6 is 0 Å². The van der Waals surface area contributed by atoms with Crippen molar-refractivity contribution in [1.29, 1.82) is 0 Å². The second kappa shape index (κ2) is 4.10. The highest BCUT2D eigenvalue weighted by Crippen LogP contribution is 2.35. The van der Waals surface area contributed by atoms with E-state index in [4.69, 9.17) is 0 Å². The molecule has 0 saturated carbocycles. The van der Waals surface area contributed by atoms with Crippen LogP contribution in [0.25, 0.3) is 22.6 Å². The van der Waals surface area contributed by atoms with Gasteiger partial charge < -0.3 is 0 Å². The third-order valence-electron chi connectivity index (χ3n) is 3.49. The maximum Gasteiger partial charge on any atom is 0.197 e. The first-order valence-electron chi connectivity index (χ1n) is 6.41. The maximum atomic E-state index is 12.3. The van der Waals surface area contributed by atoms with Gasteiger partial charge in [-0.25, -0.2) is 9.97 Å². The first kappa shape index (κ1) is 11.1. The third kappa shape index (κ3) is 1.50. The largest absolute Gasteiger partial charge is 0.288 e. The molecule has 3 aromatic rings. The van der Waals surface area contributed by atoms with Gasteiger partial charge in [-0.05, 0) is 0 Å². The molecule has 20 heavy (non-hydrogen) atoms. The van der Waals surface area contributed by atoms with Gasteiger partial charge in [-0.1, -0.05) is 54.6 Å². The first-order chi connectivity index (χ1) is 9.84. The number of hydrogen-bond donors (Lipinski definition) is 0. The van der Waals surface area contributed by atoms with E-state index in [0.717, 1.165) is 16.8 Å². The van der Waals surface area contributed by atoms with Crippen LogP contribution in [-0.4, -0.2) is 15.8 Å². The molecule has 94 valence electrons. The Hall–Kier alpha value is -2.81. The number of nitrogens with zero attached hydrogens (tertiary/aromatic N) is 2. The van der Waals surface area contributed by atoms with Gasteiger partial charge in [0.15, 0.2) is 11.6 Å². The zero-order valence-corrected chi connectivity index (χ0v) is 10.6. The Morgan fingerprint density at radius 2 is 1.45 bits per heavy atom. The molecule has 0 radical (unpaired) electrons. The fourth-order valence-electron chi connectivity index (χ4n) is 2.51. The maximum absolute atomic E-state index is 12.3. The number of carbonyl (C=O) groups is 1. The monoisotopic (exact) mass is 258 g/mol. The number of hydrogen-bond acceptors (Lipinski definition) is 3. The summed E-state index contributed by atoms with van der Waals surface area (Å²) in [4.78, 5) is 21.2. The molecular formula is C17H10N2O. The van der Waals surface area contributed by atoms with E-state index in [0.29, 0.717) is 17.0 Å². The van der Waals surface area contributed by atoms with Crippen molar-refractivity contribution >= 4 is 5.78 Å². The van der Waals surface area contributed by atoms with Crippen molar-refractivity contribution in [3.63, 3.8) is 0 Å². The van der Waals surface area contributed by atoms with Crippen LogP contribution in [-0.2, 0) is 0 Å². The molecule has 3 nitrogen and oxygen atoms in total. The molecule has 0 saturated heterocycles. The van der Waals surface area contributed by atoms with Crippen molar-refractivity contribution < 1.29 is 4.79 Å². The van der Waals surface area contributed by atoms with E-state index in [1.165, 1.54) is 0 Å². The lowest BCUT2D eigenvalue weighted by molar-refractivity contribution is 0.104. The zero-order chi connectivity index (χ0) is 13.5. The normalized spacial score (nSPS) is 12.1. The van der Waals surface area contributed by atoms with Gasteiger partial charge in [0.05, 0.1) is 11.3 Å². The molecule has 0 N–H and O–H groups in total. The van der Waals surface area contributed by atoms with Gasteiger partial charge in [-0.3, -0.25) is 4.79 Å². The van der Waals surface area contributed by atoms with Gasteiger partial charge in [0, 0.05) is 22.9 Å². The van der Waals surface area contributed by atoms with Crippen LogP contribution in [0.5, 0.6) is 0 Å².